The van der Waals surface area contributed by atoms with Crippen LogP contribution in [0.15, 0.2) is 78.9 Å². The normalized spacial score (nSPS) is 17.0. The maximum Gasteiger partial charge on any atom is 0.321 e. The van der Waals surface area contributed by atoms with Gasteiger partial charge in [0.1, 0.15) is 0 Å². The lowest BCUT2D eigenvalue weighted by Gasteiger charge is -2.41. The van der Waals surface area contributed by atoms with Crippen LogP contribution in [0.25, 0.3) is 0 Å². The van der Waals surface area contributed by atoms with E-state index in [9.17, 15) is 9.59 Å². The number of piperazine rings is 1. The second-order valence-corrected chi connectivity index (χ2v) is 10.7. The average Bonchev–Trinajstić information content (AvgIpc) is 2.97. The van der Waals surface area contributed by atoms with Gasteiger partial charge in [0.15, 0.2) is 0 Å². The van der Waals surface area contributed by atoms with Crippen molar-refractivity contribution in [1.82, 2.24) is 14.7 Å². The summed E-state index contributed by atoms with van der Waals surface area (Å²) in [4.78, 5) is 32.4. The fraction of sp³-hybridized carbons (Fsp3) is 0.333. The second kappa shape index (κ2) is 12.2. The molecule has 3 aromatic rings. The lowest BCUT2D eigenvalue weighted by Crippen LogP contribution is -2.52. The number of hydrogen-bond acceptors (Lipinski definition) is 3. The van der Waals surface area contributed by atoms with Crippen molar-refractivity contribution >= 4 is 40.8 Å². The SMILES string of the molecule is O=C(Nc1cccc(Cl)c1Cl)N1CCC(C(=O)N2CCN(C(c3ccccc3)c3ccccc3)CC2)CC1. The van der Waals surface area contributed by atoms with Crippen LogP contribution in [0, 0.1) is 5.92 Å². The van der Waals surface area contributed by atoms with Crippen LogP contribution in [0.2, 0.25) is 10.0 Å². The summed E-state index contributed by atoms with van der Waals surface area (Å²) in [5, 5.41) is 3.56. The summed E-state index contributed by atoms with van der Waals surface area (Å²) in [6, 6.07) is 26.3. The Hall–Kier alpha value is -3.06. The number of amides is 3. The number of benzene rings is 3. The zero-order valence-electron chi connectivity index (χ0n) is 21.2. The number of halogens is 2. The van der Waals surface area contributed by atoms with E-state index in [1.807, 2.05) is 17.0 Å². The van der Waals surface area contributed by atoms with Gasteiger partial charge in [-0.05, 0) is 36.1 Å². The predicted octanol–water partition coefficient (Wildman–Crippen LogP) is 6.17. The molecule has 6 nitrogen and oxygen atoms in total. The van der Waals surface area contributed by atoms with Gasteiger partial charge in [-0.2, -0.15) is 0 Å². The molecule has 0 radical (unpaired) electrons. The number of piperidine rings is 1. The molecular weight excluding hydrogens is 519 g/mol. The first-order valence-corrected chi connectivity index (χ1v) is 13.9. The molecule has 0 bridgehead atoms. The van der Waals surface area contributed by atoms with E-state index >= 15 is 0 Å². The van der Waals surface area contributed by atoms with E-state index in [1.165, 1.54) is 11.1 Å². The maximum absolute atomic E-state index is 13.4. The van der Waals surface area contributed by atoms with E-state index in [0.717, 1.165) is 13.1 Å². The smallest absolute Gasteiger partial charge is 0.321 e. The van der Waals surface area contributed by atoms with Crippen molar-refractivity contribution in [2.45, 2.75) is 18.9 Å². The maximum atomic E-state index is 13.4. The van der Waals surface area contributed by atoms with Crippen molar-refractivity contribution in [2.24, 2.45) is 5.92 Å². The summed E-state index contributed by atoms with van der Waals surface area (Å²) in [7, 11) is 0. The zero-order valence-corrected chi connectivity index (χ0v) is 22.7. The van der Waals surface area contributed by atoms with Gasteiger partial charge < -0.3 is 15.1 Å². The van der Waals surface area contributed by atoms with E-state index in [2.05, 4.69) is 58.7 Å². The molecule has 2 heterocycles. The Balaban J connectivity index is 1.15. The van der Waals surface area contributed by atoms with E-state index in [4.69, 9.17) is 23.2 Å². The van der Waals surface area contributed by atoms with Crippen LogP contribution in [-0.2, 0) is 4.79 Å². The molecular formula is C30H32Cl2N4O2. The second-order valence-electron chi connectivity index (χ2n) is 9.88. The number of rotatable bonds is 5. The number of carbonyl (C=O) groups excluding carboxylic acids is 2. The highest BCUT2D eigenvalue weighted by Gasteiger charge is 2.33. The van der Waals surface area contributed by atoms with Gasteiger partial charge in [0, 0.05) is 45.2 Å². The molecule has 0 atom stereocenters. The Kier molecular flexibility index (Phi) is 8.52. The van der Waals surface area contributed by atoms with Crippen molar-refractivity contribution in [2.75, 3.05) is 44.6 Å². The lowest BCUT2D eigenvalue weighted by molar-refractivity contribution is -0.138. The third kappa shape index (κ3) is 5.98. The number of hydrogen-bond donors (Lipinski definition) is 1. The van der Waals surface area contributed by atoms with Crippen molar-refractivity contribution in [3.8, 4) is 0 Å². The van der Waals surface area contributed by atoms with Crippen LogP contribution < -0.4 is 5.32 Å². The molecule has 2 fully saturated rings. The van der Waals surface area contributed by atoms with Gasteiger partial charge >= 0.3 is 6.03 Å². The van der Waals surface area contributed by atoms with Crippen LogP contribution in [0.5, 0.6) is 0 Å². The fourth-order valence-corrected chi connectivity index (χ4v) is 5.82. The molecule has 8 heteroatoms. The summed E-state index contributed by atoms with van der Waals surface area (Å²) in [6.45, 7) is 4.13. The minimum absolute atomic E-state index is 0.0561. The highest BCUT2D eigenvalue weighted by Crippen LogP contribution is 2.31. The Labute approximate surface area is 234 Å². The Morgan fingerprint density at radius 3 is 1.87 bits per heavy atom. The predicted molar refractivity (Wildman–Crippen MR) is 153 cm³/mol. The van der Waals surface area contributed by atoms with Crippen LogP contribution >= 0.6 is 23.2 Å². The van der Waals surface area contributed by atoms with E-state index in [1.54, 1.807) is 23.1 Å². The van der Waals surface area contributed by atoms with Gasteiger partial charge in [0.25, 0.3) is 0 Å². The topological polar surface area (TPSA) is 55.9 Å². The van der Waals surface area contributed by atoms with E-state index in [-0.39, 0.29) is 23.9 Å². The largest absolute Gasteiger partial charge is 0.340 e. The molecule has 0 spiro atoms. The molecule has 0 saturated carbocycles. The van der Waals surface area contributed by atoms with Crippen LogP contribution in [0.1, 0.15) is 30.0 Å². The molecule has 5 rings (SSSR count). The Morgan fingerprint density at radius 2 is 1.29 bits per heavy atom. The average molecular weight is 552 g/mol. The number of likely N-dealkylation sites (tertiary alicyclic amines) is 1. The summed E-state index contributed by atoms with van der Waals surface area (Å²) in [6.07, 6.45) is 1.32. The van der Waals surface area contributed by atoms with Gasteiger partial charge in [-0.1, -0.05) is 89.9 Å². The number of urea groups is 1. The number of nitrogens with zero attached hydrogens (tertiary/aromatic N) is 3. The standard InChI is InChI=1S/C30H32Cl2N4O2/c31-25-12-7-13-26(27(25)32)33-30(38)36-16-14-24(15-17-36)29(37)35-20-18-34(19-21-35)28(22-8-3-1-4-9-22)23-10-5-2-6-11-23/h1-13,24,28H,14-21H2,(H,33,38). The summed E-state index contributed by atoms with van der Waals surface area (Å²) >= 11 is 12.3. The van der Waals surface area contributed by atoms with Crippen LogP contribution in [0.4, 0.5) is 10.5 Å². The first-order valence-electron chi connectivity index (χ1n) is 13.1. The number of carbonyl (C=O) groups is 2. The minimum Gasteiger partial charge on any atom is -0.340 e. The third-order valence-electron chi connectivity index (χ3n) is 7.55. The van der Waals surface area contributed by atoms with Crippen LogP contribution in [-0.4, -0.2) is 65.9 Å². The van der Waals surface area contributed by atoms with Crippen molar-refractivity contribution in [3.05, 3.63) is 100 Å². The molecule has 0 aliphatic carbocycles. The minimum atomic E-state index is -0.221. The highest BCUT2D eigenvalue weighted by molar-refractivity contribution is 6.43. The van der Waals surface area contributed by atoms with Crippen molar-refractivity contribution in [1.29, 1.82) is 0 Å². The Bertz CT molecular complexity index is 1200. The molecule has 2 aliphatic heterocycles. The highest BCUT2D eigenvalue weighted by atomic mass is 35.5. The molecule has 3 amide bonds. The van der Waals surface area contributed by atoms with Crippen molar-refractivity contribution < 1.29 is 9.59 Å². The fourth-order valence-electron chi connectivity index (χ4n) is 5.47. The summed E-state index contributed by atoms with van der Waals surface area (Å²) in [5.41, 5.74) is 3.02. The third-order valence-corrected chi connectivity index (χ3v) is 8.37. The number of anilines is 1. The molecule has 2 saturated heterocycles. The summed E-state index contributed by atoms with van der Waals surface area (Å²) in [5.74, 6) is 0.151. The quantitative estimate of drug-likeness (QED) is 0.413. The van der Waals surface area contributed by atoms with Gasteiger partial charge in [-0.15, -0.1) is 0 Å². The molecule has 198 valence electrons. The molecule has 2 aliphatic rings. The van der Waals surface area contributed by atoms with Crippen molar-refractivity contribution in [3.63, 3.8) is 0 Å². The monoisotopic (exact) mass is 550 g/mol. The first kappa shape index (κ1) is 26.5. The molecule has 0 unspecified atom stereocenters. The Morgan fingerprint density at radius 1 is 0.711 bits per heavy atom. The molecule has 3 aromatic carbocycles. The van der Waals surface area contributed by atoms with E-state index in [0.29, 0.717) is 54.8 Å². The lowest BCUT2D eigenvalue weighted by atomic mass is 9.94. The first-order chi connectivity index (χ1) is 18.5. The molecule has 1 N–H and O–H groups in total. The zero-order chi connectivity index (χ0) is 26.5. The molecule has 38 heavy (non-hydrogen) atoms. The van der Waals surface area contributed by atoms with Gasteiger partial charge in [-0.25, -0.2) is 4.79 Å². The molecule has 0 aromatic heterocycles. The van der Waals surface area contributed by atoms with Gasteiger partial charge in [0.2, 0.25) is 5.91 Å². The van der Waals surface area contributed by atoms with Gasteiger partial charge in [-0.3, -0.25) is 9.69 Å². The summed E-state index contributed by atoms with van der Waals surface area (Å²) < 4.78 is 0. The van der Waals surface area contributed by atoms with Gasteiger partial charge in [0.05, 0.1) is 21.8 Å². The van der Waals surface area contributed by atoms with Crippen LogP contribution in [0.3, 0.4) is 0 Å². The van der Waals surface area contributed by atoms with E-state index < -0.39 is 0 Å². The number of nitrogens with one attached hydrogen (secondary N) is 1.